The van der Waals surface area contributed by atoms with Crippen LogP contribution in [0.5, 0.6) is 0 Å². The Morgan fingerprint density at radius 2 is 2.00 bits per heavy atom. The summed E-state index contributed by atoms with van der Waals surface area (Å²) in [6.45, 7) is 2.18. The van der Waals surface area contributed by atoms with Crippen LogP contribution in [0.25, 0.3) is 0 Å². The predicted molar refractivity (Wildman–Crippen MR) is 50.9 cm³/mol. The van der Waals surface area contributed by atoms with Crippen molar-refractivity contribution in [2.75, 3.05) is 6.61 Å². The van der Waals surface area contributed by atoms with Crippen molar-refractivity contribution in [3.63, 3.8) is 0 Å². The molecule has 0 bridgehead atoms. The van der Waals surface area contributed by atoms with Crippen LogP contribution in [0.4, 0.5) is 0 Å². The third kappa shape index (κ3) is 2.76. The summed E-state index contributed by atoms with van der Waals surface area (Å²) < 4.78 is 4.84. The molecule has 1 saturated carbocycles. The smallest absolute Gasteiger partial charge is 0.354 e. The zero-order chi connectivity index (χ0) is 9.68. The van der Waals surface area contributed by atoms with Crippen molar-refractivity contribution in [1.82, 2.24) is 0 Å². The molecule has 1 aliphatic carbocycles. The highest BCUT2D eigenvalue weighted by atomic mass is 16.5. The van der Waals surface area contributed by atoms with Crippen LogP contribution in [0, 0.1) is 0 Å². The van der Waals surface area contributed by atoms with Gasteiger partial charge in [-0.1, -0.05) is 6.42 Å². The van der Waals surface area contributed by atoms with Gasteiger partial charge in [-0.05, 0) is 38.2 Å². The Bertz CT molecular complexity index is 213. The Balaban J connectivity index is 2.60. The minimum absolute atomic E-state index is 0.348. The quantitative estimate of drug-likeness (QED) is 0.524. The van der Waals surface area contributed by atoms with Crippen LogP contribution in [0.1, 0.15) is 39.0 Å². The third-order valence-corrected chi connectivity index (χ3v) is 2.33. The Labute approximate surface area is 78.9 Å². The predicted octanol–water partition coefficient (Wildman–Crippen LogP) is 1.73. The molecule has 1 fully saturated rings. The molecule has 0 saturated heterocycles. The van der Waals surface area contributed by atoms with Gasteiger partial charge in [0.25, 0.3) is 0 Å². The molecule has 74 valence electrons. The zero-order valence-electron chi connectivity index (χ0n) is 8.14. The van der Waals surface area contributed by atoms with Crippen LogP contribution in [0.15, 0.2) is 11.3 Å². The molecule has 1 rings (SSSR count). The summed E-state index contributed by atoms with van der Waals surface area (Å²) >= 11 is 0. The minimum Gasteiger partial charge on any atom is -0.461 e. The zero-order valence-corrected chi connectivity index (χ0v) is 8.14. The lowest BCUT2D eigenvalue weighted by Gasteiger charge is -2.15. The molecular formula is C10H17NO2. The Morgan fingerprint density at radius 1 is 1.38 bits per heavy atom. The van der Waals surface area contributed by atoms with Crippen molar-refractivity contribution in [3.8, 4) is 0 Å². The van der Waals surface area contributed by atoms with Crippen LogP contribution < -0.4 is 5.73 Å². The van der Waals surface area contributed by atoms with E-state index in [0.717, 1.165) is 31.3 Å². The summed E-state index contributed by atoms with van der Waals surface area (Å²) in [5.74, 6) is -0.348. The van der Waals surface area contributed by atoms with Gasteiger partial charge in [0.15, 0.2) is 0 Å². The Morgan fingerprint density at radius 3 is 2.54 bits per heavy atom. The number of esters is 1. The van der Waals surface area contributed by atoms with Crippen LogP contribution in [0.3, 0.4) is 0 Å². The maximum atomic E-state index is 11.2. The number of carbonyl (C=O) groups is 1. The lowest BCUT2D eigenvalue weighted by Crippen LogP contribution is -2.18. The molecule has 3 heteroatoms. The number of hydrogen-bond acceptors (Lipinski definition) is 3. The molecule has 13 heavy (non-hydrogen) atoms. The maximum Gasteiger partial charge on any atom is 0.354 e. The lowest BCUT2D eigenvalue weighted by atomic mass is 9.93. The molecule has 0 amide bonds. The first-order valence-electron chi connectivity index (χ1n) is 4.90. The monoisotopic (exact) mass is 183 g/mol. The molecule has 0 unspecified atom stereocenters. The number of ether oxygens (including phenoxy) is 1. The molecule has 0 aromatic heterocycles. The topological polar surface area (TPSA) is 52.3 Å². The molecule has 0 aliphatic heterocycles. The summed E-state index contributed by atoms with van der Waals surface area (Å²) in [6.07, 6.45) is 5.47. The SMILES string of the molecule is CCOC(=O)C(N)=C1CCCCC1. The van der Waals surface area contributed by atoms with Gasteiger partial charge in [-0.25, -0.2) is 4.79 Å². The molecule has 0 aromatic rings. The number of hydrogen-bond donors (Lipinski definition) is 1. The van der Waals surface area contributed by atoms with E-state index in [4.69, 9.17) is 10.5 Å². The minimum atomic E-state index is -0.348. The lowest BCUT2D eigenvalue weighted by molar-refractivity contribution is -0.138. The third-order valence-electron chi connectivity index (χ3n) is 2.33. The van der Waals surface area contributed by atoms with Crippen molar-refractivity contribution >= 4 is 5.97 Å². The average molecular weight is 183 g/mol. The number of rotatable bonds is 2. The van der Waals surface area contributed by atoms with Gasteiger partial charge in [0.05, 0.1) is 6.61 Å². The van der Waals surface area contributed by atoms with E-state index >= 15 is 0 Å². The van der Waals surface area contributed by atoms with Gasteiger partial charge in [0.1, 0.15) is 5.70 Å². The Kier molecular flexibility index (Phi) is 3.80. The fourth-order valence-electron chi connectivity index (χ4n) is 1.60. The molecule has 0 heterocycles. The number of carbonyl (C=O) groups excluding carboxylic acids is 1. The Hall–Kier alpha value is -0.990. The molecular weight excluding hydrogens is 166 g/mol. The van der Waals surface area contributed by atoms with E-state index < -0.39 is 0 Å². The number of nitrogens with two attached hydrogens (primary N) is 1. The fraction of sp³-hybridized carbons (Fsp3) is 0.700. The van der Waals surface area contributed by atoms with Gasteiger partial charge in [0, 0.05) is 0 Å². The molecule has 0 atom stereocenters. The van der Waals surface area contributed by atoms with E-state index in [-0.39, 0.29) is 5.97 Å². The van der Waals surface area contributed by atoms with E-state index in [1.165, 1.54) is 6.42 Å². The van der Waals surface area contributed by atoms with E-state index in [1.54, 1.807) is 6.92 Å². The van der Waals surface area contributed by atoms with Crippen molar-refractivity contribution in [3.05, 3.63) is 11.3 Å². The largest absolute Gasteiger partial charge is 0.461 e. The van der Waals surface area contributed by atoms with E-state index in [1.807, 2.05) is 0 Å². The van der Waals surface area contributed by atoms with E-state index in [0.29, 0.717) is 12.3 Å². The first-order chi connectivity index (χ1) is 6.25. The van der Waals surface area contributed by atoms with Crippen molar-refractivity contribution in [2.24, 2.45) is 5.73 Å². The van der Waals surface area contributed by atoms with Gasteiger partial charge in [-0.2, -0.15) is 0 Å². The second-order valence-corrected chi connectivity index (χ2v) is 3.30. The second-order valence-electron chi connectivity index (χ2n) is 3.30. The first kappa shape index (κ1) is 10.1. The van der Waals surface area contributed by atoms with Crippen LogP contribution in [0.2, 0.25) is 0 Å². The maximum absolute atomic E-state index is 11.2. The molecule has 0 spiro atoms. The normalized spacial score (nSPS) is 16.8. The second kappa shape index (κ2) is 4.90. The summed E-state index contributed by atoms with van der Waals surface area (Å²) in [7, 11) is 0. The van der Waals surface area contributed by atoms with Gasteiger partial charge >= 0.3 is 5.97 Å². The first-order valence-corrected chi connectivity index (χ1v) is 4.90. The summed E-state index contributed by atoms with van der Waals surface area (Å²) in [5, 5.41) is 0. The molecule has 2 N–H and O–H groups in total. The van der Waals surface area contributed by atoms with Gasteiger partial charge in [0.2, 0.25) is 0 Å². The highest BCUT2D eigenvalue weighted by molar-refractivity contribution is 5.88. The average Bonchev–Trinajstić information content (AvgIpc) is 2.18. The van der Waals surface area contributed by atoms with Crippen LogP contribution >= 0.6 is 0 Å². The summed E-state index contributed by atoms with van der Waals surface area (Å²) in [5.41, 5.74) is 7.12. The molecule has 3 nitrogen and oxygen atoms in total. The molecule has 0 aromatic carbocycles. The van der Waals surface area contributed by atoms with Gasteiger partial charge in [-0.3, -0.25) is 0 Å². The number of allylic oxidation sites excluding steroid dienone is 1. The molecule has 1 aliphatic rings. The summed E-state index contributed by atoms with van der Waals surface area (Å²) in [6, 6.07) is 0. The molecule has 0 radical (unpaired) electrons. The van der Waals surface area contributed by atoms with E-state index in [2.05, 4.69) is 0 Å². The standard InChI is InChI=1S/C10H17NO2/c1-2-13-10(12)9(11)8-6-4-3-5-7-8/h2-7,11H2,1H3. The van der Waals surface area contributed by atoms with Crippen LogP contribution in [-0.4, -0.2) is 12.6 Å². The van der Waals surface area contributed by atoms with Gasteiger partial charge in [-0.15, -0.1) is 0 Å². The van der Waals surface area contributed by atoms with Crippen molar-refractivity contribution in [1.29, 1.82) is 0 Å². The van der Waals surface area contributed by atoms with Crippen molar-refractivity contribution in [2.45, 2.75) is 39.0 Å². The highest BCUT2D eigenvalue weighted by Gasteiger charge is 2.14. The summed E-state index contributed by atoms with van der Waals surface area (Å²) in [4.78, 5) is 11.2. The fourth-order valence-corrected chi connectivity index (χ4v) is 1.60. The van der Waals surface area contributed by atoms with Crippen LogP contribution in [-0.2, 0) is 9.53 Å². The highest BCUT2D eigenvalue weighted by Crippen LogP contribution is 2.24. The van der Waals surface area contributed by atoms with E-state index in [9.17, 15) is 4.79 Å². The van der Waals surface area contributed by atoms with Gasteiger partial charge < -0.3 is 10.5 Å². The van der Waals surface area contributed by atoms with Crippen molar-refractivity contribution < 1.29 is 9.53 Å².